The number of rotatable bonds is 4. The normalized spacial score (nSPS) is 12.9. The van der Waals surface area contributed by atoms with E-state index in [1.165, 1.54) is 0 Å². The van der Waals surface area contributed by atoms with Gasteiger partial charge in [0.25, 0.3) is 0 Å². The van der Waals surface area contributed by atoms with Gasteiger partial charge < -0.3 is 9.47 Å². The van der Waals surface area contributed by atoms with E-state index >= 15 is 0 Å². The SMILES string of the molecule is COC(Oc1[c]nccc1)C(C)C. The van der Waals surface area contributed by atoms with Crippen LogP contribution in [0.5, 0.6) is 5.75 Å². The molecule has 1 rings (SSSR count). The summed E-state index contributed by atoms with van der Waals surface area (Å²) >= 11 is 0. The Labute approximate surface area is 78.7 Å². The molecule has 1 radical (unpaired) electrons. The van der Waals surface area contributed by atoms with Crippen molar-refractivity contribution in [2.45, 2.75) is 20.1 Å². The van der Waals surface area contributed by atoms with Crippen LogP contribution in [-0.4, -0.2) is 18.4 Å². The van der Waals surface area contributed by atoms with E-state index < -0.39 is 0 Å². The number of pyridine rings is 1. The van der Waals surface area contributed by atoms with Gasteiger partial charge in [0.05, 0.1) is 0 Å². The Morgan fingerprint density at radius 3 is 2.69 bits per heavy atom. The lowest BCUT2D eigenvalue weighted by Crippen LogP contribution is -2.25. The Morgan fingerprint density at radius 1 is 1.46 bits per heavy atom. The Bertz CT molecular complexity index is 236. The van der Waals surface area contributed by atoms with Crippen molar-refractivity contribution in [2.24, 2.45) is 5.92 Å². The highest BCUT2D eigenvalue weighted by atomic mass is 16.7. The summed E-state index contributed by atoms with van der Waals surface area (Å²) in [6.07, 6.45) is 4.16. The molecule has 0 aliphatic heterocycles. The molecule has 71 valence electrons. The largest absolute Gasteiger partial charge is 0.462 e. The van der Waals surface area contributed by atoms with Gasteiger partial charge in [0, 0.05) is 19.2 Å². The Kier molecular flexibility index (Phi) is 3.71. The van der Waals surface area contributed by atoms with Crippen LogP contribution in [0.15, 0.2) is 18.3 Å². The molecule has 0 saturated heterocycles. The minimum absolute atomic E-state index is 0.236. The molecule has 3 heteroatoms. The number of ether oxygens (including phenoxy) is 2. The molecule has 0 aliphatic rings. The van der Waals surface area contributed by atoms with Crippen molar-refractivity contribution in [2.75, 3.05) is 7.11 Å². The summed E-state index contributed by atoms with van der Waals surface area (Å²) in [6.45, 7) is 4.06. The van der Waals surface area contributed by atoms with E-state index in [0.29, 0.717) is 11.7 Å². The van der Waals surface area contributed by atoms with Crippen molar-refractivity contribution in [1.29, 1.82) is 0 Å². The minimum Gasteiger partial charge on any atom is -0.462 e. The molecule has 0 N–H and O–H groups in total. The first-order valence-electron chi connectivity index (χ1n) is 4.26. The fourth-order valence-corrected chi connectivity index (χ4v) is 0.959. The van der Waals surface area contributed by atoms with Gasteiger partial charge in [0.1, 0.15) is 6.20 Å². The van der Waals surface area contributed by atoms with E-state index in [9.17, 15) is 0 Å². The van der Waals surface area contributed by atoms with Crippen LogP contribution in [0.3, 0.4) is 0 Å². The molecular weight excluding hydrogens is 166 g/mol. The van der Waals surface area contributed by atoms with Gasteiger partial charge in [-0.25, -0.2) is 0 Å². The van der Waals surface area contributed by atoms with Gasteiger partial charge in [-0.1, -0.05) is 13.8 Å². The highest BCUT2D eigenvalue weighted by Gasteiger charge is 2.13. The number of aromatic nitrogens is 1. The highest BCUT2D eigenvalue weighted by Crippen LogP contribution is 2.13. The summed E-state index contributed by atoms with van der Waals surface area (Å²) < 4.78 is 10.6. The first kappa shape index (κ1) is 9.99. The van der Waals surface area contributed by atoms with Gasteiger partial charge in [-0.15, -0.1) is 0 Å². The van der Waals surface area contributed by atoms with E-state index in [2.05, 4.69) is 11.2 Å². The number of methoxy groups -OCH3 is 1. The quantitative estimate of drug-likeness (QED) is 0.663. The maximum absolute atomic E-state index is 5.48. The van der Waals surface area contributed by atoms with Crippen LogP contribution in [0.1, 0.15) is 13.8 Å². The molecule has 0 spiro atoms. The molecule has 3 nitrogen and oxygen atoms in total. The first-order valence-corrected chi connectivity index (χ1v) is 4.26. The average Bonchev–Trinajstić information content (AvgIpc) is 2.15. The van der Waals surface area contributed by atoms with Crippen molar-refractivity contribution in [3.63, 3.8) is 0 Å². The molecule has 0 saturated carbocycles. The smallest absolute Gasteiger partial charge is 0.201 e. The standard InChI is InChI=1S/C10H14NO2/c1-8(2)10(12-3)13-9-5-4-6-11-7-9/h4-6,8,10H,1-3H3. The number of hydrogen-bond donors (Lipinski definition) is 0. The lowest BCUT2D eigenvalue weighted by atomic mass is 10.2. The zero-order chi connectivity index (χ0) is 9.68. The highest BCUT2D eigenvalue weighted by molar-refractivity contribution is 5.14. The summed E-state index contributed by atoms with van der Waals surface area (Å²) in [6, 6.07) is 3.61. The lowest BCUT2D eigenvalue weighted by molar-refractivity contribution is -0.0837. The predicted molar refractivity (Wildman–Crippen MR) is 49.3 cm³/mol. The zero-order valence-corrected chi connectivity index (χ0v) is 8.15. The van der Waals surface area contributed by atoms with Crippen LogP contribution < -0.4 is 4.74 Å². The molecule has 13 heavy (non-hydrogen) atoms. The predicted octanol–water partition coefficient (Wildman–Crippen LogP) is 1.89. The lowest BCUT2D eigenvalue weighted by Gasteiger charge is -2.19. The van der Waals surface area contributed by atoms with Gasteiger partial charge in [0.2, 0.25) is 6.29 Å². The molecule has 0 bridgehead atoms. The number of hydrogen-bond acceptors (Lipinski definition) is 3. The second-order valence-electron chi connectivity index (χ2n) is 3.08. The average molecular weight is 180 g/mol. The molecular formula is C10H14NO2. The topological polar surface area (TPSA) is 31.4 Å². The van der Waals surface area contributed by atoms with E-state index in [-0.39, 0.29) is 6.29 Å². The molecule has 1 aromatic heterocycles. The van der Waals surface area contributed by atoms with Crippen LogP contribution >= 0.6 is 0 Å². The Hall–Kier alpha value is -1.09. The minimum atomic E-state index is -0.236. The summed E-state index contributed by atoms with van der Waals surface area (Å²) in [5, 5.41) is 0. The summed E-state index contributed by atoms with van der Waals surface area (Å²) in [7, 11) is 1.63. The second-order valence-corrected chi connectivity index (χ2v) is 3.08. The van der Waals surface area contributed by atoms with Gasteiger partial charge in [-0.2, -0.15) is 0 Å². The van der Waals surface area contributed by atoms with E-state index in [0.717, 1.165) is 0 Å². The molecule has 1 aromatic rings. The van der Waals surface area contributed by atoms with Crippen molar-refractivity contribution < 1.29 is 9.47 Å². The molecule has 1 atom stereocenters. The third-order valence-corrected chi connectivity index (χ3v) is 1.60. The van der Waals surface area contributed by atoms with Crippen LogP contribution in [0.4, 0.5) is 0 Å². The number of nitrogens with zero attached hydrogens (tertiary/aromatic N) is 1. The molecule has 1 heterocycles. The maximum atomic E-state index is 5.48. The maximum Gasteiger partial charge on any atom is 0.201 e. The van der Waals surface area contributed by atoms with Crippen molar-refractivity contribution in [1.82, 2.24) is 4.98 Å². The van der Waals surface area contributed by atoms with Gasteiger partial charge >= 0.3 is 0 Å². The van der Waals surface area contributed by atoms with Gasteiger partial charge in [-0.05, 0) is 12.1 Å². The summed E-state index contributed by atoms with van der Waals surface area (Å²) in [5.41, 5.74) is 0. The fourth-order valence-electron chi connectivity index (χ4n) is 0.959. The van der Waals surface area contributed by atoms with E-state index in [1.807, 2.05) is 13.8 Å². The summed E-state index contributed by atoms with van der Waals surface area (Å²) in [5.74, 6) is 0.918. The third kappa shape index (κ3) is 3.03. The summed E-state index contributed by atoms with van der Waals surface area (Å²) in [4.78, 5) is 3.83. The van der Waals surface area contributed by atoms with Crippen molar-refractivity contribution in [3.8, 4) is 5.75 Å². The molecule has 0 fully saturated rings. The monoisotopic (exact) mass is 180 g/mol. The van der Waals surface area contributed by atoms with Gasteiger partial charge in [0.15, 0.2) is 5.75 Å². The zero-order valence-electron chi connectivity index (χ0n) is 8.15. The molecule has 0 aliphatic carbocycles. The molecule has 0 aromatic carbocycles. The van der Waals surface area contributed by atoms with Crippen molar-refractivity contribution >= 4 is 0 Å². The van der Waals surface area contributed by atoms with E-state index in [1.54, 1.807) is 25.4 Å². The Morgan fingerprint density at radius 2 is 2.23 bits per heavy atom. The van der Waals surface area contributed by atoms with E-state index in [4.69, 9.17) is 9.47 Å². The first-order chi connectivity index (χ1) is 6.24. The third-order valence-electron chi connectivity index (χ3n) is 1.60. The Balaban J connectivity index is 2.57. The second kappa shape index (κ2) is 4.82. The molecule has 1 unspecified atom stereocenters. The van der Waals surface area contributed by atoms with Crippen LogP contribution in [-0.2, 0) is 4.74 Å². The van der Waals surface area contributed by atoms with Crippen LogP contribution in [0, 0.1) is 12.1 Å². The van der Waals surface area contributed by atoms with Gasteiger partial charge in [-0.3, -0.25) is 4.98 Å². The molecule has 0 amide bonds. The van der Waals surface area contributed by atoms with Crippen LogP contribution in [0.25, 0.3) is 0 Å². The van der Waals surface area contributed by atoms with Crippen molar-refractivity contribution in [3.05, 3.63) is 24.5 Å². The fraction of sp³-hybridized carbons (Fsp3) is 0.500. The van der Waals surface area contributed by atoms with Crippen LogP contribution in [0.2, 0.25) is 0 Å².